The van der Waals surface area contributed by atoms with Crippen LogP contribution in [0.2, 0.25) is 0 Å². The van der Waals surface area contributed by atoms with Gasteiger partial charge in [-0.2, -0.15) is 0 Å². The highest BCUT2D eigenvalue weighted by molar-refractivity contribution is 6.03. The zero-order chi connectivity index (χ0) is 18.3. The van der Waals surface area contributed by atoms with E-state index in [1.165, 1.54) is 0 Å². The molecule has 2 fully saturated rings. The minimum absolute atomic E-state index is 0.0322. The number of aryl methyl sites for hydroxylation is 1. The molecule has 0 saturated carbocycles. The summed E-state index contributed by atoms with van der Waals surface area (Å²) in [4.78, 5) is 27.7. The van der Waals surface area contributed by atoms with Gasteiger partial charge >= 0.3 is 5.97 Å². The summed E-state index contributed by atoms with van der Waals surface area (Å²) in [5.74, 6) is -1.37. The van der Waals surface area contributed by atoms with Crippen molar-refractivity contribution < 1.29 is 19.1 Å². The molecule has 1 aromatic rings. The van der Waals surface area contributed by atoms with Crippen LogP contribution < -0.4 is 4.90 Å². The van der Waals surface area contributed by atoms with Gasteiger partial charge in [-0.05, 0) is 24.5 Å². The second kappa shape index (κ2) is 6.54. The number of carbonyl (C=O) groups excluding carboxylic acids is 2. The molecular formula is C21H25NO4. The van der Waals surface area contributed by atoms with Gasteiger partial charge in [0, 0.05) is 5.69 Å². The van der Waals surface area contributed by atoms with Crippen molar-refractivity contribution in [3.05, 3.63) is 42.0 Å². The predicted octanol–water partition coefficient (Wildman–Crippen LogP) is 2.88. The summed E-state index contributed by atoms with van der Waals surface area (Å²) in [6.45, 7) is 4.99. The standard InChI is InChI=1S/C21H25NO4/c1-3-5-12-25-20(24)17-16-10-11-21(26-16)13-22(19(23)18(17)21)15-9-7-6-8-14(15)4-2/h6-11,16-18H,3-5,12-13H2,1-2H3/t16-,17-,18-,21+/m1/s1. The molecule has 1 amide bonds. The zero-order valence-electron chi connectivity index (χ0n) is 15.3. The van der Waals surface area contributed by atoms with Gasteiger partial charge in [0.2, 0.25) is 5.91 Å². The van der Waals surface area contributed by atoms with Crippen LogP contribution >= 0.6 is 0 Å². The van der Waals surface area contributed by atoms with Crippen LogP contribution in [-0.2, 0) is 25.5 Å². The number of para-hydroxylation sites is 1. The summed E-state index contributed by atoms with van der Waals surface area (Å²) in [6, 6.07) is 7.94. The number of hydrogen-bond donors (Lipinski definition) is 0. The highest BCUT2D eigenvalue weighted by Crippen LogP contribution is 2.53. The molecule has 138 valence electrons. The summed E-state index contributed by atoms with van der Waals surface area (Å²) in [6.07, 6.45) is 6.20. The van der Waals surface area contributed by atoms with Crippen molar-refractivity contribution in [2.24, 2.45) is 11.8 Å². The first-order valence-electron chi connectivity index (χ1n) is 9.54. The van der Waals surface area contributed by atoms with E-state index in [-0.39, 0.29) is 18.0 Å². The Hall–Kier alpha value is -2.14. The fourth-order valence-corrected chi connectivity index (χ4v) is 4.46. The molecule has 3 aliphatic rings. The van der Waals surface area contributed by atoms with Crippen molar-refractivity contribution in [3.63, 3.8) is 0 Å². The topological polar surface area (TPSA) is 55.8 Å². The molecule has 4 atom stereocenters. The van der Waals surface area contributed by atoms with Crippen LogP contribution in [0.4, 0.5) is 5.69 Å². The second-order valence-corrected chi connectivity index (χ2v) is 7.33. The Bertz CT molecular complexity index is 758. The van der Waals surface area contributed by atoms with E-state index < -0.39 is 17.4 Å². The number of benzene rings is 1. The summed E-state index contributed by atoms with van der Waals surface area (Å²) in [5, 5.41) is 0. The molecule has 0 unspecified atom stereocenters. The molecule has 4 rings (SSSR count). The van der Waals surface area contributed by atoms with Crippen LogP contribution in [0.15, 0.2) is 36.4 Å². The van der Waals surface area contributed by atoms with E-state index in [1.807, 2.05) is 36.4 Å². The van der Waals surface area contributed by atoms with E-state index in [0.717, 1.165) is 30.5 Å². The van der Waals surface area contributed by atoms with Crippen molar-refractivity contribution in [3.8, 4) is 0 Å². The number of esters is 1. The highest BCUT2D eigenvalue weighted by Gasteiger charge is 2.67. The largest absolute Gasteiger partial charge is 0.465 e. The van der Waals surface area contributed by atoms with E-state index in [2.05, 4.69) is 13.8 Å². The van der Waals surface area contributed by atoms with Gasteiger partial charge in [0.15, 0.2) is 0 Å². The Morgan fingerprint density at radius 1 is 1.35 bits per heavy atom. The first-order valence-corrected chi connectivity index (χ1v) is 9.54. The monoisotopic (exact) mass is 355 g/mol. The molecule has 5 heteroatoms. The fraction of sp³-hybridized carbons (Fsp3) is 0.524. The minimum atomic E-state index is -0.697. The van der Waals surface area contributed by atoms with E-state index in [1.54, 1.807) is 4.90 Å². The Morgan fingerprint density at radius 3 is 2.92 bits per heavy atom. The third-order valence-corrected chi connectivity index (χ3v) is 5.78. The molecule has 0 aromatic heterocycles. The van der Waals surface area contributed by atoms with Crippen LogP contribution in [0, 0.1) is 11.8 Å². The molecule has 0 aliphatic carbocycles. The maximum absolute atomic E-state index is 13.3. The van der Waals surface area contributed by atoms with Gasteiger partial charge in [-0.3, -0.25) is 9.59 Å². The summed E-state index contributed by atoms with van der Waals surface area (Å²) in [7, 11) is 0. The van der Waals surface area contributed by atoms with Crippen LogP contribution in [0.1, 0.15) is 32.3 Å². The Morgan fingerprint density at radius 2 is 2.15 bits per heavy atom. The number of nitrogens with zero attached hydrogens (tertiary/aromatic N) is 1. The van der Waals surface area contributed by atoms with Crippen molar-refractivity contribution in [1.82, 2.24) is 0 Å². The molecule has 3 heterocycles. The van der Waals surface area contributed by atoms with Crippen molar-refractivity contribution in [1.29, 1.82) is 0 Å². The SMILES string of the molecule is CCCCOC(=O)[C@@H]1[C@H]2C=C[C@@]3(CN(c4ccccc4CC)C(=O)[C@@H]13)O2. The zero-order valence-corrected chi connectivity index (χ0v) is 15.3. The number of rotatable bonds is 6. The van der Waals surface area contributed by atoms with Gasteiger partial charge < -0.3 is 14.4 Å². The van der Waals surface area contributed by atoms with E-state index in [9.17, 15) is 9.59 Å². The predicted molar refractivity (Wildman–Crippen MR) is 97.8 cm³/mol. The lowest BCUT2D eigenvalue weighted by Crippen LogP contribution is -2.40. The third kappa shape index (κ3) is 2.49. The van der Waals surface area contributed by atoms with E-state index in [4.69, 9.17) is 9.47 Å². The van der Waals surface area contributed by atoms with Gasteiger partial charge in [-0.25, -0.2) is 0 Å². The van der Waals surface area contributed by atoms with Gasteiger partial charge in [0.1, 0.15) is 11.5 Å². The van der Waals surface area contributed by atoms with Crippen LogP contribution in [0.3, 0.4) is 0 Å². The number of anilines is 1. The van der Waals surface area contributed by atoms with E-state index in [0.29, 0.717) is 13.2 Å². The molecule has 0 radical (unpaired) electrons. The van der Waals surface area contributed by atoms with Crippen LogP contribution in [-0.4, -0.2) is 36.7 Å². The van der Waals surface area contributed by atoms with Crippen molar-refractivity contribution >= 4 is 17.6 Å². The lowest BCUT2D eigenvalue weighted by Gasteiger charge is -2.23. The Kier molecular flexibility index (Phi) is 4.35. The van der Waals surface area contributed by atoms with Gasteiger partial charge in [0.05, 0.1) is 25.2 Å². The molecule has 1 aromatic carbocycles. The van der Waals surface area contributed by atoms with Crippen LogP contribution in [0.5, 0.6) is 0 Å². The second-order valence-electron chi connectivity index (χ2n) is 7.33. The lowest BCUT2D eigenvalue weighted by atomic mass is 9.77. The molecule has 26 heavy (non-hydrogen) atoms. The van der Waals surface area contributed by atoms with Gasteiger partial charge in [-0.15, -0.1) is 0 Å². The van der Waals surface area contributed by atoms with Crippen molar-refractivity contribution in [2.75, 3.05) is 18.1 Å². The number of fused-ring (bicyclic) bond motifs is 1. The molecule has 5 nitrogen and oxygen atoms in total. The molecule has 2 saturated heterocycles. The molecule has 0 N–H and O–H groups in total. The quantitative estimate of drug-likeness (QED) is 0.447. The summed E-state index contributed by atoms with van der Waals surface area (Å²) < 4.78 is 11.6. The molecular weight excluding hydrogens is 330 g/mol. The Labute approximate surface area is 154 Å². The Balaban J connectivity index is 1.62. The normalized spacial score (nSPS) is 31.5. The summed E-state index contributed by atoms with van der Waals surface area (Å²) in [5.41, 5.74) is 1.34. The van der Waals surface area contributed by atoms with Crippen LogP contribution in [0.25, 0.3) is 0 Å². The maximum Gasteiger partial charge on any atom is 0.312 e. The number of amides is 1. The van der Waals surface area contributed by atoms with E-state index >= 15 is 0 Å². The maximum atomic E-state index is 13.3. The summed E-state index contributed by atoms with van der Waals surface area (Å²) >= 11 is 0. The average molecular weight is 355 g/mol. The van der Waals surface area contributed by atoms with Gasteiger partial charge in [-0.1, -0.05) is 50.6 Å². The molecule has 3 aliphatic heterocycles. The number of ether oxygens (including phenoxy) is 2. The average Bonchev–Trinajstić information content (AvgIpc) is 3.30. The fourth-order valence-electron chi connectivity index (χ4n) is 4.46. The first kappa shape index (κ1) is 17.3. The van der Waals surface area contributed by atoms with Gasteiger partial charge in [0.25, 0.3) is 0 Å². The number of unbranched alkanes of at least 4 members (excludes halogenated alkanes) is 1. The first-order chi connectivity index (χ1) is 12.6. The number of carbonyl (C=O) groups is 2. The lowest BCUT2D eigenvalue weighted by molar-refractivity contribution is -0.152. The molecule has 2 bridgehead atoms. The minimum Gasteiger partial charge on any atom is -0.465 e. The molecule has 1 spiro atoms. The number of hydrogen-bond acceptors (Lipinski definition) is 4. The van der Waals surface area contributed by atoms with Crippen molar-refractivity contribution in [2.45, 2.75) is 44.8 Å². The highest BCUT2D eigenvalue weighted by atomic mass is 16.6. The smallest absolute Gasteiger partial charge is 0.312 e. The third-order valence-electron chi connectivity index (χ3n) is 5.78.